The Labute approximate surface area is 119 Å². The fourth-order valence-corrected chi connectivity index (χ4v) is 1.81. The quantitative estimate of drug-likeness (QED) is 0.807. The Morgan fingerprint density at radius 2 is 2.26 bits per heavy atom. The van der Waals surface area contributed by atoms with Gasteiger partial charge < -0.3 is 10.6 Å². The first-order valence-corrected chi connectivity index (χ1v) is 7.88. The van der Waals surface area contributed by atoms with Crippen molar-refractivity contribution in [2.75, 3.05) is 24.7 Å². The second-order valence-corrected chi connectivity index (χ2v) is 5.83. The van der Waals surface area contributed by atoms with E-state index in [9.17, 15) is 4.79 Å². The molecule has 1 atom stereocenters. The lowest BCUT2D eigenvalue weighted by Gasteiger charge is -2.14. The lowest BCUT2D eigenvalue weighted by molar-refractivity contribution is 0.0954. The Morgan fingerprint density at radius 3 is 2.89 bits per heavy atom. The van der Waals surface area contributed by atoms with Gasteiger partial charge in [-0.3, -0.25) is 9.78 Å². The Bertz CT molecular complexity index is 423. The minimum Gasteiger partial charge on any atom is -0.384 e. The number of aromatic nitrogens is 1. The SMILES string of the molecule is CCCNc1cc(C)ncc1C(=O)NCC(C)SC. The number of pyridine rings is 1. The summed E-state index contributed by atoms with van der Waals surface area (Å²) in [6.45, 7) is 7.64. The molecule has 1 heterocycles. The maximum atomic E-state index is 12.2. The second kappa shape index (κ2) is 8.04. The summed E-state index contributed by atoms with van der Waals surface area (Å²) in [5.41, 5.74) is 2.39. The molecular weight excluding hydrogens is 258 g/mol. The van der Waals surface area contributed by atoms with Crippen LogP contribution in [0.5, 0.6) is 0 Å². The normalized spacial score (nSPS) is 12.0. The highest BCUT2D eigenvalue weighted by atomic mass is 32.2. The summed E-state index contributed by atoms with van der Waals surface area (Å²) in [5, 5.41) is 6.64. The Hall–Kier alpha value is -1.23. The number of rotatable bonds is 7. The molecule has 1 unspecified atom stereocenters. The number of anilines is 1. The number of nitrogens with one attached hydrogen (secondary N) is 2. The number of aryl methyl sites for hydroxylation is 1. The molecule has 0 bridgehead atoms. The van der Waals surface area contributed by atoms with Crippen molar-refractivity contribution in [2.45, 2.75) is 32.4 Å². The molecular formula is C14H23N3OS. The summed E-state index contributed by atoms with van der Waals surface area (Å²) in [7, 11) is 0. The Morgan fingerprint density at radius 1 is 1.53 bits per heavy atom. The lowest BCUT2D eigenvalue weighted by Crippen LogP contribution is -2.30. The van der Waals surface area contributed by atoms with Crippen molar-refractivity contribution in [3.05, 3.63) is 23.5 Å². The third kappa shape index (κ3) is 5.11. The fraction of sp³-hybridized carbons (Fsp3) is 0.571. The maximum absolute atomic E-state index is 12.2. The van der Waals surface area contributed by atoms with Crippen LogP contribution in [0.2, 0.25) is 0 Å². The number of nitrogens with zero attached hydrogens (tertiary/aromatic N) is 1. The lowest BCUT2D eigenvalue weighted by atomic mass is 10.2. The molecule has 0 radical (unpaired) electrons. The molecule has 5 heteroatoms. The van der Waals surface area contributed by atoms with Gasteiger partial charge in [0.05, 0.1) is 11.3 Å². The summed E-state index contributed by atoms with van der Waals surface area (Å²) >= 11 is 1.74. The van der Waals surface area contributed by atoms with E-state index in [1.165, 1.54) is 0 Å². The second-order valence-electron chi connectivity index (χ2n) is 4.55. The van der Waals surface area contributed by atoms with Gasteiger partial charge in [0.2, 0.25) is 0 Å². The van der Waals surface area contributed by atoms with Gasteiger partial charge in [0.25, 0.3) is 5.91 Å². The number of amides is 1. The maximum Gasteiger partial charge on any atom is 0.254 e. The van der Waals surface area contributed by atoms with E-state index in [0.717, 1.165) is 24.3 Å². The molecule has 4 nitrogen and oxygen atoms in total. The molecule has 1 aromatic rings. The summed E-state index contributed by atoms with van der Waals surface area (Å²) in [6, 6.07) is 1.92. The molecule has 0 saturated carbocycles. The van der Waals surface area contributed by atoms with Crippen LogP contribution in [0.25, 0.3) is 0 Å². The number of carbonyl (C=O) groups is 1. The van der Waals surface area contributed by atoms with Crippen molar-refractivity contribution in [1.29, 1.82) is 0 Å². The van der Waals surface area contributed by atoms with Crippen molar-refractivity contribution in [3.8, 4) is 0 Å². The highest BCUT2D eigenvalue weighted by molar-refractivity contribution is 7.99. The van der Waals surface area contributed by atoms with Gasteiger partial charge in [0.1, 0.15) is 0 Å². The molecule has 19 heavy (non-hydrogen) atoms. The van der Waals surface area contributed by atoms with E-state index in [1.807, 2.05) is 19.2 Å². The van der Waals surface area contributed by atoms with Crippen LogP contribution in [0, 0.1) is 6.92 Å². The van der Waals surface area contributed by atoms with Gasteiger partial charge in [-0.05, 0) is 25.7 Å². The number of carbonyl (C=O) groups excluding carboxylic acids is 1. The minimum atomic E-state index is -0.0630. The van der Waals surface area contributed by atoms with Crippen LogP contribution in [0.1, 0.15) is 36.3 Å². The van der Waals surface area contributed by atoms with Crippen LogP contribution in [-0.2, 0) is 0 Å². The molecule has 0 saturated heterocycles. The van der Waals surface area contributed by atoms with Crippen molar-refractivity contribution >= 4 is 23.4 Å². The van der Waals surface area contributed by atoms with Crippen LogP contribution in [0.15, 0.2) is 12.3 Å². The number of hydrogen-bond donors (Lipinski definition) is 2. The van der Waals surface area contributed by atoms with Crippen molar-refractivity contribution in [1.82, 2.24) is 10.3 Å². The summed E-state index contributed by atoms with van der Waals surface area (Å²) < 4.78 is 0. The zero-order valence-electron chi connectivity index (χ0n) is 12.1. The van der Waals surface area contributed by atoms with Crippen LogP contribution >= 0.6 is 11.8 Å². The smallest absolute Gasteiger partial charge is 0.254 e. The van der Waals surface area contributed by atoms with E-state index in [-0.39, 0.29) is 5.91 Å². The zero-order valence-corrected chi connectivity index (χ0v) is 12.9. The topological polar surface area (TPSA) is 54.0 Å². The van der Waals surface area contributed by atoms with Gasteiger partial charge in [-0.2, -0.15) is 11.8 Å². The molecule has 1 amide bonds. The molecule has 0 aliphatic heterocycles. The van der Waals surface area contributed by atoms with Crippen LogP contribution in [0.3, 0.4) is 0 Å². The molecule has 0 aromatic carbocycles. The van der Waals surface area contributed by atoms with Gasteiger partial charge in [0.15, 0.2) is 0 Å². The van der Waals surface area contributed by atoms with Gasteiger partial charge in [0, 0.05) is 30.2 Å². The molecule has 1 rings (SSSR count). The van der Waals surface area contributed by atoms with E-state index in [4.69, 9.17) is 0 Å². The van der Waals surface area contributed by atoms with Gasteiger partial charge in [-0.15, -0.1) is 0 Å². The molecule has 0 spiro atoms. The molecule has 0 aliphatic rings. The van der Waals surface area contributed by atoms with Crippen LogP contribution in [0.4, 0.5) is 5.69 Å². The van der Waals surface area contributed by atoms with Crippen LogP contribution in [-0.4, -0.2) is 35.5 Å². The average Bonchev–Trinajstić information content (AvgIpc) is 2.42. The monoisotopic (exact) mass is 281 g/mol. The molecule has 106 valence electrons. The zero-order chi connectivity index (χ0) is 14.3. The fourth-order valence-electron chi connectivity index (χ4n) is 1.56. The first-order chi connectivity index (χ1) is 9.08. The van der Waals surface area contributed by atoms with Gasteiger partial charge in [-0.25, -0.2) is 0 Å². The number of hydrogen-bond acceptors (Lipinski definition) is 4. The molecule has 1 aromatic heterocycles. The van der Waals surface area contributed by atoms with Crippen molar-refractivity contribution in [2.24, 2.45) is 0 Å². The minimum absolute atomic E-state index is 0.0630. The molecule has 2 N–H and O–H groups in total. The Balaban J connectivity index is 2.77. The van der Waals surface area contributed by atoms with E-state index in [1.54, 1.807) is 18.0 Å². The largest absolute Gasteiger partial charge is 0.384 e. The average molecular weight is 281 g/mol. The Kier molecular flexibility index (Phi) is 6.70. The predicted octanol–water partition coefficient (Wildman–Crippen LogP) is 2.69. The molecule has 0 fully saturated rings. The third-order valence-corrected chi connectivity index (χ3v) is 3.77. The van der Waals surface area contributed by atoms with Crippen molar-refractivity contribution in [3.63, 3.8) is 0 Å². The summed E-state index contributed by atoms with van der Waals surface area (Å²) in [4.78, 5) is 16.4. The number of thioether (sulfide) groups is 1. The van der Waals surface area contributed by atoms with Crippen molar-refractivity contribution < 1.29 is 4.79 Å². The highest BCUT2D eigenvalue weighted by Crippen LogP contribution is 2.16. The van der Waals surface area contributed by atoms with Gasteiger partial charge in [-0.1, -0.05) is 13.8 Å². The first kappa shape index (κ1) is 15.8. The van der Waals surface area contributed by atoms with Gasteiger partial charge >= 0.3 is 0 Å². The predicted molar refractivity (Wildman–Crippen MR) is 83.1 cm³/mol. The molecule has 0 aliphatic carbocycles. The van der Waals surface area contributed by atoms with E-state index < -0.39 is 0 Å². The first-order valence-electron chi connectivity index (χ1n) is 6.60. The van der Waals surface area contributed by atoms with E-state index in [2.05, 4.69) is 29.5 Å². The van der Waals surface area contributed by atoms with E-state index >= 15 is 0 Å². The summed E-state index contributed by atoms with van der Waals surface area (Å²) in [5.74, 6) is -0.0630. The highest BCUT2D eigenvalue weighted by Gasteiger charge is 2.12. The summed E-state index contributed by atoms with van der Waals surface area (Å²) in [6.07, 6.45) is 4.71. The van der Waals surface area contributed by atoms with E-state index in [0.29, 0.717) is 17.4 Å². The van der Waals surface area contributed by atoms with Crippen LogP contribution < -0.4 is 10.6 Å². The third-order valence-electron chi connectivity index (χ3n) is 2.80. The standard InChI is InChI=1S/C14H23N3OS/c1-5-6-15-13-7-10(2)16-9-12(13)14(18)17-8-11(3)19-4/h7,9,11H,5-6,8H2,1-4H3,(H,15,16)(H,17,18).